The van der Waals surface area contributed by atoms with Gasteiger partial charge in [0.1, 0.15) is 4.21 Å². The third kappa shape index (κ3) is 3.28. The molecule has 0 aliphatic heterocycles. The van der Waals surface area contributed by atoms with Crippen LogP contribution in [0.25, 0.3) is 0 Å². The van der Waals surface area contributed by atoms with Gasteiger partial charge in [0.25, 0.3) is 0 Å². The Kier molecular flexibility index (Phi) is 4.49. The van der Waals surface area contributed by atoms with Crippen LogP contribution in [-0.2, 0) is 10.0 Å². The van der Waals surface area contributed by atoms with Crippen molar-refractivity contribution in [1.29, 1.82) is 0 Å². The molecule has 0 bridgehead atoms. The van der Waals surface area contributed by atoms with Crippen LogP contribution in [0.15, 0.2) is 15.7 Å². The van der Waals surface area contributed by atoms with E-state index < -0.39 is 10.0 Å². The first-order chi connectivity index (χ1) is 7.36. The Labute approximate surface area is 100 Å². The second-order valence-corrected chi connectivity index (χ2v) is 6.89. The molecule has 1 aromatic heterocycles. The molecule has 0 saturated carbocycles. The Morgan fingerprint density at radius 2 is 2.12 bits per heavy atom. The summed E-state index contributed by atoms with van der Waals surface area (Å²) in [5.74, 6) is 0.241. The minimum absolute atomic E-state index is 0.0581. The van der Waals surface area contributed by atoms with Crippen LogP contribution in [0.5, 0.6) is 0 Å². The summed E-state index contributed by atoms with van der Waals surface area (Å²) in [5, 5.41) is 16.1. The summed E-state index contributed by atoms with van der Waals surface area (Å²) in [5.41, 5.74) is 0.642. The molecule has 0 unspecified atom stereocenters. The molecule has 0 amide bonds. The Bertz CT molecular complexity index is 437. The van der Waals surface area contributed by atoms with Crippen molar-refractivity contribution >= 4 is 21.4 Å². The molecule has 0 aliphatic carbocycles. The van der Waals surface area contributed by atoms with Gasteiger partial charge in [0.15, 0.2) is 0 Å². The maximum atomic E-state index is 11.3. The highest BCUT2D eigenvalue weighted by molar-refractivity contribution is 7.91. The van der Waals surface area contributed by atoms with Crippen molar-refractivity contribution in [2.24, 2.45) is 11.1 Å². The predicted octanol–water partition coefficient (Wildman–Crippen LogP) is 1.52. The van der Waals surface area contributed by atoms with E-state index in [1.54, 1.807) is 11.4 Å². The van der Waals surface area contributed by atoms with Gasteiger partial charge < -0.3 is 5.11 Å². The lowest BCUT2D eigenvalue weighted by molar-refractivity contribution is 0.248. The van der Waals surface area contributed by atoms with Gasteiger partial charge in [-0.2, -0.15) is 0 Å². The first kappa shape index (κ1) is 13.6. The number of aliphatic hydroxyl groups excluding tert-OH is 1. The summed E-state index contributed by atoms with van der Waals surface area (Å²) in [4.78, 5) is 0. The molecular weight excluding hydrogens is 246 g/mol. The van der Waals surface area contributed by atoms with Crippen molar-refractivity contribution in [1.82, 2.24) is 0 Å². The summed E-state index contributed by atoms with van der Waals surface area (Å²) in [6.07, 6.45) is 0.746. The van der Waals surface area contributed by atoms with Crippen LogP contribution in [0.4, 0.5) is 0 Å². The van der Waals surface area contributed by atoms with E-state index in [-0.39, 0.29) is 16.7 Å². The number of hydrogen-bond acceptors (Lipinski definition) is 4. The van der Waals surface area contributed by atoms with Crippen LogP contribution < -0.4 is 5.14 Å². The van der Waals surface area contributed by atoms with Gasteiger partial charge in [0, 0.05) is 5.92 Å². The van der Waals surface area contributed by atoms with Crippen molar-refractivity contribution < 1.29 is 13.5 Å². The monoisotopic (exact) mass is 263 g/mol. The molecule has 1 aromatic rings. The number of sulfonamides is 1. The molecule has 4 nitrogen and oxygen atoms in total. The maximum Gasteiger partial charge on any atom is 0.247 e. The first-order valence-electron chi connectivity index (χ1n) is 5.07. The minimum Gasteiger partial charge on any atom is -0.396 e. The molecule has 0 radical (unpaired) electrons. The quantitative estimate of drug-likeness (QED) is 0.845. The van der Waals surface area contributed by atoms with Gasteiger partial charge in [-0.15, -0.1) is 11.3 Å². The Morgan fingerprint density at radius 1 is 1.50 bits per heavy atom. The topological polar surface area (TPSA) is 80.4 Å². The number of aliphatic hydroxyl groups is 1. The molecule has 6 heteroatoms. The molecule has 1 rings (SSSR count). The third-order valence-corrected chi connectivity index (χ3v) is 4.79. The van der Waals surface area contributed by atoms with Crippen LogP contribution in [0.1, 0.15) is 31.7 Å². The summed E-state index contributed by atoms with van der Waals surface area (Å²) in [6.45, 7) is 4.01. The Morgan fingerprint density at radius 3 is 2.56 bits per heavy atom. The first-order valence-corrected chi connectivity index (χ1v) is 7.50. The second-order valence-electron chi connectivity index (χ2n) is 4.22. The van der Waals surface area contributed by atoms with E-state index in [9.17, 15) is 13.5 Å². The van der Waals surface area contributed by atoms with E-state index in [1.165, 1.54) is 0 Å². The molecule has 1 atom stereocenters. The van der Waals surface area contributed by atoms with Crippen LogP contribution in [0.2, 0.25) is 0 Å². The number of primary sulfonamides is 1. The number of hydrogen-bond donors (Lipinski definition) is 2. The lowest BCUT2D eigenvalue weighted by Gasteiger charge is -2.16. The van der Waals surface area contributed by atoms with Gasteiger partial charge in [0.05, 0.1) is 6.61 Å². The molecule has 16 heavy (non-hydrogen) atoms. The molecule has 0 spiro atoms. The maximum absolute atomic E-state index is 11.3. The number of nitrogens with two attached hydrogens (primary N) is 1. The summed E-state index contributed by atoms with van der Waals surface area (Å²) < 4.78 is 22.8. The Balaban J connectivity index is 3.07. The van der Waals surface area contributed by atoms with Crippen LogP contribution >= 0.6 is 11.3 Å². The molecule has 92 valence electrons. The molecule has 0 aliphatic rings. The van der Waals surface area contributed by atoms with Crippen molar-refractivity contribution in [3.05, 3.63) is 17.0 Å². The molecule has 0 aromatic carbocycles. The number of thiophene rings is 1. The highest BCUT2D eigenvalue weighted by Crippen LogP contribution is 2.32. The zero-order valence-corrected chi connectivity index (χ0v) is 11.0. The van der Waals surface area contributed by atoms with E-state index in [0.29, 0.717) is 11.5 Å². The predicted molar refractivity (Wildman–Crippen MR) is 65.0 cm³/mol. The van der Waals surface area contributed by atoms with E-state index >= 15 is 0 Å². The average Bonchev–Trinajstić information content (AvgIpc) is 2.61. The summed E-state index contributed by atoms with van der Waals surface area (Å²) in [7, 11) is -3.67. The molecule has 0 fully saturated rings. The normalized spacial score (nSPS) is 14.3. The van der Waals surface area contributed by atoms with E-state index in [0.717, 1.165) is 17.8 Å². The van der Waals surface area contributed by atoms with Gasteiger partial charge in [-0.1, -0.05) is 13.8 Å². The van der Waals surface area contributed by atoms with Gasteiger partial charge in [-0.3, -0.25) is 0 Å². The summed E-state index contributed by atoms with van der Waals surface area (Å²) in [6, 6.07) is 1.73. The van der Waals surface area contributed by atoms with Crippen molar-refractivity contribution in [2.75, 3.05) is 6.61 Å². The van der Waals surface area contributed by atoms with Gasteiger partial charge >= 0.3 is 0 Å². The summed E-state index contributed by atoms with van der Waals surface area (Å²) >= 11 is 1.10. The second kappa shape index (κ2) is 5.27. The van der Waals surface area contributed by atoms with Crippen LogP contribution in [0.3, 0.4) is 0 Å². The fourth-order valence-electron chi connectivity index (χ4n) is 1.71. The van der Waals surface area contributed by atoms with Gasteiger partial charge in [0.2, 0.25) is 10.0 Å². The van der Waals surface area contributed by atoms with Gasteiger partial charge in [-0.25, -0.2) is 13.6 Å². The minimum atomic E-state index is -3.67. The Hall–Kier alpha value is -0.430. The highest BCUT2D eigenvalue weighted by Gasteiger charge is 2.22. The molecule has 0 saturated heterocycles. The molecular formula is C10H17NO3S2. The highest BCUT2D eigenvalue weighted by atomic mass is 32.2. The van der Waals surface area contributed by atoms with Crippen LogP contribution in [0, 0.1) is 5.92 Å². The molecule has 1 heterocycles. The zero-order chi connectivity index (χ0) is 12.3. The smallest absolute Gasteiger partial charge is 0.247 e. The zero-order valence-electron chi connectivity index (χ0n) is 9.38. The largest absolute Gasteiger partial charge is 0.396 e. The number of rotatable bonds is 5. The lowest BCUT2D eigenvalue weighted by atomic mass is 9.93. The standard InChI is InChI=1S/C10H17NO3S2/c1-7(2)5-8(6-12)9-3-4-15-10(9)16(11,13)14/h3-4,7-8,12H,5-6H2,1-2H3,(H2,11,13,14)/t8-/m1/s1. The van der Waals surface area contributed by atoms with Crippen molar-refractivity contribution in [3.63, 3.8) is 0 Å². The SMILES string of the molecule is CC(C)C[C@H](CO)c1ccsc1S(N)(=O)=O. The van der Waals surface area contributed by atoms with Crippen LogP contribution in [-0.4, -0.2) is 20.1 Å². The van der Waals surface area contributed by atoms with Gasteiger partial charge in [-0.05, 0) is 29.3 Å². The lowest BCUT2D eigenvalue weighted by Crippen LogP contribution is -2.16. The van der Waals surface area contributed by atoms with E-state index in [4.69, 9.17) is 5.14 Å². The van der Waals surface area contributed by atoms with Crippen molar-refractivity contribution in [2.45, 2.75) is 30.4 Å². The third-order valence-electron chi connectivity index (χ3n) is 2.33. The fraction of sp³-hybridized carbons (Fsp3) is 0.600. The van der Waals surface area contributed by atoms with Crippen molar-refractivity contribution in [3.8, 4) is 0 Å². The average molecular weight is 263 g/mol. The molecule has 3 N–H and O–H groups in total. The van der Waals surface area contributed by atoms with E-state index in [1.807, 2.05) is 13.8 Å². The fourth-order valence-corrected chi connectivity index (χ4v) is 3.68. The van der Waals surface area contributed by atoms with E-state index in [2.05, 4.69) is 0 Å².